The second-order valence-electron chi connectivity index (χ2n) is 4.25. The van der Waals surface area contributed by atoms with Gasteiger partial charge < -0.3 is 20.3 Å². The predicted molar refractivity (Wildman–Crippen MR) is 67.0 cm³/mol. The SMILES string of the molecule is CC(C)Oc1ccc(CNC(CO)CO)cc1. The van der Waals surface area contributed by atoms with Gasteiger partial charge in [-0.3, -0.25) is 0 Å². The second-order valence-corrected chi connectivity index (χ2v) is 4.25. The molecular formula is C13H21NO3. The van der Waals surface area contributed by atoms with Crippen LogP contribution in [0.3, 0.4) is 0 Å². The van der Waals surface area contributed by atoms with E-state index in [0.29, 0.717) is 6.54 Å². The van der Waals surface area contributed by atoms with Gasteiger partial charge in [-0.25, -0.2) is 0 Å². The number of aliphatic hydroxyl groups is 2. The van der Waals surface area contributed by atoms with Crippen LogP contribution in [0.25, 0.3) is 0 Å². The van der Waals surface area contributed by atoms with Crippen molar-refractivity contribution in [1.29, 1.82) is 0 Å². The third-order valence-electron chi connectivity index (χ3n) is 2.33. The van der Waals surface area contributed by atoms with Gasteiger partial charge >= 0.3 is 0 Å². The molecule has 1 rings (SSSR count). The van der Waals surface area contributed by atoms with Crippen molar-refractivity contribution in [3.05, 3.63) is 29.8 Å². The molecule has 4 nitrogen and oxygen atoms in total. The summed E-state index contributed by atoms with van der Waals surface area (Å²) >= 11 is 0. The lowest BCUT2D eigenvalue weighted by molar-refractivity contribution is 0.170. The van der Waals surface area contributed by atoms with Crippen molar-refractivity contribution >= 4 is 0 Å². The van der Waals surface area contributed by atoms with Gasteiger partial charge in [0, 0.05) is 6.54 Å². The average Bonchev–Trinajstić information content (AvgIpc) is 2.32. The third-order valence-corrected chi connectivity index (χ3v) is 2.33. The Morgan fingerprint density at radius 3 is 2.18 bits per heavy atom. The van der Waals surface area contributed by atoms with Crippen LogP contribution in [0.4, 0.5) is 0 Å². The second kappa shape index (κ2) is 7.27. The van der Waals surface area contributed by atoms with Crippen molar-refractivity contribution in [2.45, 2.75) is 32.5 Å². The Bertz CT molecular complexity index is 307. The maximum atomic E-state index is 8.90. The zero-order valence-corrected chi connectivity index (χ0v) is 10.4. The van der Waals surface area contributed by atoms with Crippen LogP contribution in [0.15, 0.2) is 24.3 Å². The molecule has 1 aromatic carbocycles. The lowest BCUT2D eigenvalue weighted by atomic mass is 10.2. The van der Waals surface area contributed by atoms with E-state index in [1.54, 1.807) is 0 Å². The molecule has 0 bridgehead atoms. The molecule has 0 saturated heterocycles. The van der Waals surface area contributed by atoms with Gasteiger partial charge in [0.05, 0.1) is 25.4 Å². The van der Waals surface area contributed by atoms with Crippen LogP contribution in [0.5, 0.6) is 5.75 Å². The first-order valence-corrected chi connectivity index (χ1v) is 5.86. The average molecular weight is 239 g/mol. The van der Waals surface area contributed by atoms with Crippen molar-refractivity contribution in [2.75, 3.05) is 13.2 Å². The van der Waals surface area contributed by atoms with Crippen molar-refractivity contribution in [3.8, 4) is 5.75 Å². The van der Waals surface area contributed by atoms with E-state index in [2.05, 4.69) is 5.32 Å². The highest BCUT2D eigenvalue weighted by Crippen LogP contribution is 2.13. The van der Waals surface area contributed by atoms with E-state index in [1.165, 1.54) is 0 Å². The van der Waals surface area contributed by atoms with E-state index in [1.807, 2.05) is 38.1 Å². The van der Waals surface area contributed by atoms with Gasteiger partial charge in [-0.2, -0.15) is 0 Å². The summed E-state index contributed by atoms with van der Waals surface area (Å²) in [5, 5.41) is 20.9. The van der Waals surface area contributed by atoms with Crippen LogP contribution in [-0.2, 0) is 6.54 Å². The molecule has 0 aromatic heterocycles. The van der Waals surface area contributed by atoms with Crippen LogP contribution in [-0.4, -0.2) is 35.6 Å². The third kappa shape index (κ3) is 5.17. The topological polar surface area (TPSA) is 61.7 Å². The molecule has 1 aromatic rings. The number of rotatable bonds is 7. The summed E-state index contributed by atoms with van der Waals surface area (Å²) in [6.45, 7) is 4.47. The highest BCUT2D eigenvalue weighted by molar-refractivity contribution is 5.27. The number of hydrogen-bond donors (Lipinski definition) is 3. The monoisotopic (exact) mass is 239 g/mol. The summed E-state index contributed by atoms with van der Waals surface area (Å²) in [6, 6.07) is 7.52. The molecule has 0 saturated carbocycles. The first-order valence-electron chi connectivity index (χ1n) is 5.86. The number of hydrogen-bond acceptors (Lipinski definition) is 4. The van der Waals surface area contributed by atoms with E-state index >= 15 is 0 Å². The van der Waals surface area contributed by atoms with Crippen LogP contribution in [0, 0.1) is 0 Å². The van der Waals surface area contributed by atoms with E-state index in [9.17, 15) is 0 Å². The van der Waals surface area contributed by atoms with E-state index < -0.39 is 0 Å². The number of aliphatic hydroxyl groups excluding tert-OH is 2. The van der Waals surface area contributed by atoms with Crippen LogP contribution in [0.1, 0.15) is 19.4 Å². The van der Waals surface area contributed by atoms with Gasteiger partial charge in [0.15, 0.2) is 0 Å². The first-order chi connectivity index (χ1) is 8.15. The quantitative estimate of drug-likeness (QED) is 0.662. The zero-order valence-electron chi connectivity index (χ0n) is 10.4. The molecule has 17 heavy (non-hydrogen) atoms. The zero-order chi connectivity index (χ0) is 12.7. The number of benzene rings is 1. The molecule has 0 atom stereocenters. The minimum atomic E-state index is -0.262. The molecule has 0 aliphatic rings. The Morgan fingerprint density at radius 2 is 1.71 bits per heavy atom. The summed E-state index contributed by atoms with van der Waals surface area (Å²) in [7, 11) is 0. The van der Waals surface area contributed by atoms with Gasteiger partial charge in [0.2, 0.25) is 0 Å². The first kappa shape index (κ1) is 14.0. The molecule has 0 aliphatic heterocycles. The van der Waals surface area contributed by atoms with E-state index in [-0.39, 0.29) is 25.4 Å². The molecule has 0 aliphatic carbocycles. The fourth-order valence-electron chi connectivity index (χ4n) is 1.41. The van der Waals surface area contributed by atoms with E-state index in [4.69, 9.17) is 14.9 Å². The Morgan fingerprint density at radius 1 is 1.12 bits per heavy atom. The lowest BCUT2D eigenvalue weighted by Crippen LogP contribution is -2.35. The molecule has 0 heterocycles. The molecule has 0 fully saturated rings. The highest BCUT2D eigenvalue weighted by Gasteiger charge is 2.04. The fraction of sp³-hybridized carbons (Fsp3) is 0.538. The van der Waals surface area contributed by atoms with Crippen molar-refractivity contribution in [2.24, 2.45) is 0 Å². The highest BCUT2D eigenvalue weighted by atomic mass is 16.5. The lowest BCUT2D eigenvalue weighted by Gasteiger charge is -2.14. The molecule has 3 N–H and O–H groups in total. The molecule has 0 radical (unpaired) electrons. The van der Waals surface area contributed by atoms with Gasteiger partial charge in [0.1, 0.15) is 5.75 Å². The van der Waals surface area contributed by atoms with E-state index in [0.717, 1.165) is 11.3 Å². The van der Waals surface area contributed by atoms with Crippen molar-refractivity contribution < 1.29 is 14.9 Å². The Labute approximate surface area is 102 Å². The van der Waals surface area contributed by atoms with Gasteiger partial charge in [-0.05, 0) is 31.5 Å². The molecule has 0 spiro atoms. The molecular weight excluding hydrogens is 218 g/mol. The maximum absolute atomic E-state index is 8.90. The van der Waals surface area contributed by atoms with Crippen LogP contribution >= 0.6 is 0 Å². The number of ether oxygens (including phenoxy) is 1. The molecule has 96 valence electrons. The minimum Gasteiger partial charge on any atom is -0.491 e. The largest absolute Gasteiger partial charge is 0.491 e. The van der Waals surface area contributed by atoms with Gasteiger partial charge in [-0.15, -0.1) is 0 Å². The van der Waals surface area contributed by atoms with Crippen LogP contribution in [0.2, 0.25) is 0 Å². The smallest absolute Gasteiger partial charge is 0.119 e. The summed E-state index contributed by atoms with van der Waals surface area (Å²) in [5.41, 5.74) is 1.09. The van der Waals surface area contributed by atoms with Gasteiger partial charge in [0.25, 0.3) is 0 Å². The molecule has 0 amide bonds. The molecule has 4 heteroatoms. The minimum absolute atomic E-state index is 0.0644. The standard InChI is InChI=1S/C13H21NO3/c1-10(2)17-13-5-3-11(4-6-13)7-14-12(8-15)9-16/h3-6,10,12,14-16H,7-9H2,1-2H3. The summed E-state index contributed by atoms with van der Waals surface area (Å²) in [5.74, 6) is 0.851. The summed E-state index contributed by atoms with van der Waals surface area (Å²) in [4.78, 5) is 0. The fourth-order valence-corrected chi connectivity index (χ4v) is 1.41. The Hall–Kier alpha value is -1.10. The summed E-state index contributed by atoms with van der Waals surface area (Å²) in [6.07, 6.45) is 0.173. The predicted octanol–water partition coefficient (Wildman–Crippen LogP) is 0.917. The molecule has 0 unspecified atom stereocenters. The maximum Gasteiger partial charge on any atom is 0.119 e. The van der Waals surface area contributed by atoms with Gasteiger partial charge in [-0.1, -0.05) is 12.1 Å². The Balaban J connectivity index is 2.45. The number of nitrogens with one attached hydrogen (secondary N) is 1. The van der Waals surface area contributed by atoms with Crippen molar-refractivity contribution in [1.82, 2.24) is 5.32 Å². The normalized spacial score (nSPS) is 11.2. The van der Waals surface area contributed by atoms with Crippen LogP contribution < -0.4 is 10.1 Å². The van der Waals surface area contributed by atoms with Crippen molar-refractivity contribution in [3.63, 3.8) is 0 Å². The summed E-state index contributed by atoms with van der Waals surface area (Å²) < 4.78 is 5.54. The Kier molecular flexibility index (Phi) is 5.97.